The van der Waals surface area contributed by atoms with Crippen LogP contribution in [0, 0.1) is 24.5 Å². The highest BCUT2D eigenvalue weighted by Crippen LogP contribution is 2.27. The Kier molecular flexibility index (Phi) is 16.0. The van der Waals surface area contributed by atoms with Gasteiger partial charge in [-0.2, -0.15) is 0 Å². The van der Waals surface area contributed by atoms with Gasteiger partial charge in [-0.25, -0.2) is 0 Å². The van der Waals surface area contributed by atoms with Crippen molar-refractivity contribution in [2.45, 2.75) is 33.2 Å². The normalized spacial score (nSPS) is 16.9. The first-order valence-electron chi connectivity index (χ1n) is 12.9. The van der Waals surface area contributed by atoms with E-state index in [1.165, 1.54) is 0 Å². The highest BCUT2D eigenvalue weighted by atomic mass is 16.6. The van der Waals surface area contributed by atoms with Gasteiger partial charge in [-0.1, -0.05) is 74.4 Å². The van der Waals surface area contributed by atoms with Crippen LogP contribution in [0.4, 0.5) is 0 Å². The number of hydrogen-bond donors (Lipinski definition) is 1. The van der Waals surface area contributed by atoms with Crippen LogP contribution in [0.1, 0.15) is 42.2 Å². The number of aromatic hydroxyl groups is 1. The Morgan fingerprint density at radius 1 is 0.763 bits per heavy atom. The number of hydrogen-bond acceptors (Lipinski definition) is 6. The molecule has 1 aliphatic heterocycles. The summed E-state index contributed by atoms with van der Waals surface area (Å²) in [5.74, 6) is 2.76. The Bertz CT molecular complexity index is 1010. The molecule has 1 aliphatic rings. The molecule has 6 nitrogen and oxygen atoms in total. The predicted octanol–water partition coefficient (Wildman–Crippen LogP) is 5.52. The van der Waals surface area contributed by atoms with Gasteiger partial charge in [0.1, 0.15) is 11.9 Å². The van der Waals surface area contributed by atoms with Crippen molar-refractivity contribution in [1.82, 2.24) is 0 Å². The molecule has 38 heavy (non-hydrogen) atoms. The van der Waals surface area contributed by atoms with Crippen molar-refractivity contribution in [2.24, 2.45) is 0 Å². The minimum Gasteiger partial charge on any atom is -0.507 e. The van der Waals surface area contributed by atoms with Crippen molar-refractivity contribution in [3.05, 3.63) is 101 Å². The second kappa shape index (κ2) is 19.7. The van der Waals surface area contributed by atoms with Crippen molar-refractivity contribution in [3.63, 3.8) is 0 Å². The maximum atomic E-state index is 10.6. The van der Waals surface area contributed by atoms with Gasteiger partial charge in [0, 0.05) is 16.7 Å². The van der Waals surface area contributed by atoms with E-state index >= 15 is 0 Å². The van der Waals surface area contributed by atoms with E-state index < -0.39 is 0 Å². The van der Waals surface area contributed by atoms with E-state index in [-0.39, 0.29) is 25.1 Å². The van der Waals surface area contributed by atoms with E-state index in [1.54, 1.807) is 12.1 Å². The third-order valence-electron chi connectivity index (χ3n) is 5.23. The molecule has 0 amide bonds. The number of rotatable bonds is 1. The van der Waals surface area contributed by atoms with Crippen LogP contribution < -0.4 is 0 Å². The molecule has 2 bridgehead atoms. The summed E-state index contributed by atoms with van der Waals surface area (Å²) in [5.41, 5.74) is 2.94. The molecule has 0 radical (unpaired) electrons. The summed E-state index contributed by atoms with van der Waals surface area (Å²) >= 11 is 0. The molecule has 0 aromatic heterocycles. The van der Waals surface area contributed by atoms with Gasteiger partial charge in [-0.3, -0.25) is 0 Å². The number of fused-ring (bicyclic) bond motifs is 2. The lowest BCUT2D eigenvalue weighted by Gasteiger charge is -2.19. The fourth-order valence-electron chi connectivity index (χ4n) is 3.42. The molecule has 1 heterocycles. The van der Waals surface area contributed by atoms with Gasteiger partial charge in [0.2, 0.25) is 0 Å². The molecular weight excluding hydrogens is 480 g/mol. The van der Waals surface area contributed by atoms with Crippen LogP contribution in [0.25, 0.3) is 0 Å². The van der Waals surface area contributed by atoms with E-state index in [1.807, 2.05) is 68.4 Å². The molecule has 6 heteroatoms. The number of benzene rings is 2. The zero-order valence-corrected chi connectivity index (χ0v) is 22.4. The Morgan fingerprint density at radius 2 is 1.32 bits per heavy atom. The molecule has 0 aliphatic carbocycles. The SMILES string of the molecule is C#Cc1cc2c(O)c(c1)COC[C@H](c1ccccc1)OCCOCCOCCOC2.CC.c1ccccc#1. The van der Waals surface area contributed by atoms with Gasteiger partial charge < -0.3 is 28.8 Å². The first-order valence-corrected chi connectivity index (χ1v) is 12.9. The summed E-state index contributed by atoms with van der Waals surface area (Å²) in [6.07, 6.45) is 5.34. The highest BCUT2D eigenvalue weighted by Gasteiger charge is 2.15. The Morgan fingerprint density at radius 3 is 1.87 bits per heavy atom. The van der Waals surface area contributed by atoms with Gasteiger partial charge >= 0.3 is 0 Å². The second-order valence-electron chi connectivity index (χ2n) is 7.86. The number of phenolic OH excluding ortho intramolecular Hbond substituents is 1. The van der Waals surface area contributed by atoms with Crippen LogP contribution in [0.15, 0.2) is 66.7 Å². The topological polar surface area (TPSA) is 66.4 Å². The zero-order chi connectivity index (χ0) is 27.3. The van der Waals surface area contributed by atoms with Crippen LogP contribution in [-0.2, 0) is 36.9 Å². The molecule has 4 rings (SSSR count). The maximum absolute atomic E-state index is 10.6. The Hall–Kier alpha value is -3.36. The molecule has 0 unspecified atom stereocenters. The van der Waals surface area contributed by atoms with Crippen molar-refractivity contribution in [2.75, 3.05) is 46.2 Å². The Balaban J connectivity index is 0.000000548. The molecule has 1 atom stereocenters. The van der Waals surface area contributed by atoms with Crippen molar-refractivity contribution in [3.8, 4) is 18.1 Å². The quantitative estimate of drug-likeness (QED) is 0.428. The summed E-state index contributed by atoms with van der Waals surface area (Å²) in [6, 6.07) is 26.4. The van der Waals surface area contributed by atoms with Gasteiger partial charge in [0.25, 0.3) is 0 Å². The van der Waals surface area contributed by atoms with Crippen molar-refractivity contribution < 1.29 is 28.8 Å². The van der Waals surface area contributed by atoms with Gasteiger partial charge in [-0.15, -0.1) is 6.42 Å². The first-order chi connectivity index (χ1) is 18.8. The van der Waals surface area contributed by atoms with Crippen molar-refractivity contribution in [1.29, 1.82) is 0 Å². The minimum atomic E-state index is -0.245. The summed E-state index contributed by atoms with van der Waals surface area (Å²) in [5, 5.41) is 10.6. The monoisotopic (exact) mass is 518 g/mol. The summed E-state index contributed by atoms with van der Waals surface area (Å²) in [7, 11) is 0. The van der Waals surface area contributed by atoms with E-state index in [0.717, 1.165) is 5.56 Å². The third kappa shape index (κ3) is 11.8. The van der Waals surface area contributed by atoms with Crippen LogP contribution in [0.3, 0.4) is 0 Å². The average molecular weight is 519 g/mol. The van der Waals surface area contributed by atoms with Crippen LogP contribution >= 0.6 is 0 Å². The molecule has 3 aromatic carbocycles. The molecule has 0 fully saturated rings. The molecular formula is C32H38O6. The number of terminal acetylenes is 1. The molecule has 1 N–H and O–H groups in total. The smallest absolute Gasteiger partial charge is 0.126 e. The number of ether oxygens (including phenoxy) is 5. The zero-order valence-electron chi connectivity index (χ0n) is 22.4. The molecule has 202 valence electrons. The third-order valence-corrected chi connectivity index (χ3v) is 5.23. The fraction of sp³-hybridized carbons (Fsp3) is 0.375. The molecule has 0 saturated carbocycles. The maximum Gasteiger partial charge on any atom is 0.126 e. The van der Waals surface area contributed by atoms with Gasteiger partial charge in [0.15, 0.2) is 0 Å². The summed E-state index contributed by atoms with van der Waals surface area (Å²) in [6.45, 7) is 7.52. The van der Waals surface area contributed by atoms with Crippen molar-refractivity contribution >= 4 is 0 Å². The van der Waals surface area contributed by atoms with Gasteiger partial charge in [-0.05, 0) is 29.8 Å². The van der Waals surface area contributed by atoms with Crippen LogP contribution in [-0.4, -0.2) is 51.4 Å². The summed E-state index contributed by atoms with van der Waals surface area (Å²) < 4.78 is 28.6. The summed E-state index contributed by atoms with van der Waals surface area (Å²) in [4.78, 5) is 0. The lowest BCUT2D eigenvalue weighted by molar-refractivity contribution is -0.0511. The molecule has 0 spiro atoms. The van der Waals surface area contributed by atoms with E-state index in [9.17, 15) is 5.11 Å². The molecule has 0 saturated heterocycles. The largest absolute Gasteiger partial charge is 0.507 e. The van der Waals surface area contributed by atoms with E-state index in [2.05, 4.69) is 18.1 Å². The fourth-order valence-corrected chi connectivity index (χ4v) is 3.42. The van der Waals surface area contributed by atoms with Crippen LogP contribution in [0.5, 0.6) is 5.75 Å². The minimum absolute atomic E-state index is 0.140. The lowest BCUT2D eigenvalue weighted by Crippen LogP contribution is -2.17. The lowest BCUT2D eigenvalue weighted by atomic mass is 10.0. The average Bonchev–Trinajstić information content (AvgIpc) is 2.98. The molecule has 3 aromatic rings. The van der Waals surface area contributed by atoms with Crippen LogP contribution in [0.2, 0.25) is 0 Å². The Labute approximate surface area is 227 Å². The van der Waals surface area contributed by atoms with Gasteiger partial charge in [0.05, 0.1) is 59.5 Å². The van der Waals surface area contributed by atoms with E-state index in [4.69, 9.17) is 30.1 Å². The first kappa shape index (κ1) is 30.9. The van der Waals surface area contributed by atoms with E-state index in [0.29, 0.717) is 62.9 Å². The predicted molar refractivity (Wildman–Crippen MR) is 148 cm³/mol. The standard InChI is InChI=1S/C24H28O6.C6H4.C2H6/c1-2-19-14-21-16-28-11-10-26-8-9-27-12-13-30-23(20-6-4-3-5-7-20)18-29-17-22(15-19)24(21)25;1-2-4-6-5-3-1;1-2/h1,3-7,14-15,23,25H,8-13,16-18H2;1-4H;1-2H3/t23-;;/m1../s1. The number of phenols is 1. The second-order valence-corrected chi connectivity index (χ2v) is 7.86. The highest BCUT2D eigenvalue weighted by molar-refractivity contribution is 5.48.